The van der Waals surface area contributed by atoms with E-state index in [-0.39, 0.29) is 0 Å². The van der Waals surface area contributed by atoms with Crippen LogP contribution < -0.4 is 5.73 Å². The van der Waals surface area contributed by atoms with Crippen molar-refractivity contribution in [3.8, 4) is 0 Å². The molecule has 0 aromatic carbocycles. The zero-order chi connectivity index (χ0) is 14.5. The van der Waals surface area contributed by atoms with Crippen molar-refractivity contribution >= 4 is 11.9 Å². The Morgan fingerprint density at radius 1 is 1.10 bits per heavy atom. The molecular weight excluding hydrogens is 270 g/mol. The van der Waals surface area contributed by atoms with E-state index in [1.165, 1.54) is 50.9 Å². The van der Waals surface area contributed by atoms with Gasteiger partial charge in [0.15, 0.2) is 0 Å². The molecule has 1 saturated heterocycles. The first kappa shape index (κ1) is 18.2. The van der Waals surface area contributed by atoms with Crippen molar-refractivity contribution < 1.29 is 4.74 Å². The van der Waals surface area contributed by atoms with Gasteiger partial charge in [0.05, 0.1) is 13.2 Å². The molecular formula is C15H33N3OS. The Kier molecular flexibility index (Phi) is 11.8. The van der Waals surface area contributed by atoms with E-state index in [9.17, 15) is 0 Å². The van der Waals surface area contributed by atoms with Crippen LogP contribution in [0.3, 0.4) is 0 Å². The summed E-state index contributed by atoms with van der Waals surface area (Å²) in [5, 5.41) is 0. The molecule has 0 bridgehead atoms. The Labute approximate surface area is 129 Å². The van der Waals surface area contributed by atoms with Gasteiger partial charge in [-0.3, -0.25) is 9.21 Å². The third-order valence-electron chi connectivity index (χ3n) is 3.71. The molecule has 20 heavy (non-hydrogen) atoms. The number of hydrogen-bond acceptors (Lipinski definition) is 5. The number of rotatable bonds is 12. The van der Waals surface area contributed by atoms with Gasteiger partial charge in [0.1, 0.15) is 0 Å². The summed E-state index contributed by atoms with van der Waals surface area (Å²) in [6, 6.07) is 0. The van der Waals surface area contributed by atoms with Gasteiger partial charge < -0.3 is 10.5 Å². The summed E-state index contributed by atoms with van der Waals surface area (Å²) >= 11 is 2.03. The van der Waals surface area contributed by atoms with E-state index in [1.54, 1.807) is 0 Å². The van der Waals surface area contributed by atoms with Crippen molar-refractivity contribution in [2.75, 3.05) is 58.2 Å². The highest BCUT2D eigenvalue weighted by atomic mass is 32.2. The molecule has 120 valence electrons. The lowest BCUT2D eigenvalue weighted by Gasteiger charge is -2.27. The second-order valence-corrected chi connectivity index (χ2v) is 6.55. The Morgan fingerprint density at radius 2 is 1.85 bits per heavy atom. The van der Waals surface area contributed by atoms with Gasteiger partial charge in [-0.15, -0.1) is 0 Å². The van der Waals surface area contributed by atoms with Gasteiger partial charge in [0.2, 0.25) is 0 Å². The highest BCUT2D eigenvalue weighted by Crippen LogP contribution is 2.14. The maximum atomic E-state index is 5.50. The second-order valence-electron chi connectivity index (χ2n) is 5.37. The van der Waals surface area contributed by atoms with Gasteiger partial charge in [-0.1, -0.05) is 31.7 Å². The van der Waals surface area contributed by atoms with Crippen LogP contribution in [0.2, 0.25) is 0 Å². The summed E-state index contributed by atoms with van der Waals surface area (Å²) in [6.07, 6.45) is 6.40. The van der Waals surface area contributed by atoms with E-state index < -0.39 is 0 Å². The Hall–Kier alpha value is 0.190. The Morgan fingerprint density at radius 3 is 2.55 bits per heavy atom. The van der Waals surface area contributed by atoms with Gasteiger partial charge in [-0.2, -0.15) is 0 Å². The van der Waals surface area contributed by atoms with Crippen LogP contribution in [0.1, 0.15) is 39.0 Å². The number of morpholine rings is 1. The molecule has 0 atom stereocenters. The van der Waals surface area contributed by atoms with E-state index in [2.05, 4.69) is 16.1 Å². The van der Waals surface area contributed by atoms with Crippen molar-refractivity contribution in [1.82, 2.24) is 9.21 Å². The average molecular weight is 304 g/mol. The molecule has 0 aromatic heterocycles. The largest absolute Gasteiger partial charge is 0.379 e. The minimum absolute atomic E-state index is 0.843. The van der Waals surface area contributed by atoms with Crippen LogP contribution in [0.5, 0.6) is 0 Å². The fourth-order valence-electron chi connectivity index (χ4n) is 2.40. The molecule has 5 heteroatoms. The molecule has 0 spiro atoms. The monoisotopic (exact) mass is 303 g/mol. The molecule has 1 aliphatic rings. The predicted octanol–water partition coefficient (Wildman–Crippen LogP) is 2.20. The highest BCUT2D eigenvalue weighted by molar-refractivity contribution is 7.97. The van der Waals surface area contributed by atoms with Gasteiger partial charge in [-0.25, -0.2) is 0 Å². The van der Waals surface area contributed by atoms with Crippen molar-refractivity contribution in [2.24, 2.45) is 5.73 Å². The fourth-order valence-corrected chi connectivity index (χ4v) is 3.44. The standard InChI is InChI=1S/C15H33N3OS/c1-2-18(20-15-6-4-3-5-8-16)10-7-9-17-11-13-19-14-12-17/h2-16H2,1H3. The van der Waals surface area contributed by atoms with Gasteiger partial charge in [-0.05, 0) is 32.4 Å². The van der Waals surface area contributed by atoms with E-state index in [1.807, 2.05) is 11.9 Å². The summed E-state index contributed by atoms with van der Waals surface area (Å²) in [5.41, 5.74) is 5.50. The zero-order valence-electron chi connectivity index (χ0n) is 13.2. The van der Waals surface area contributed by atoms with Gasteiger partial charge >= 0.3 is 0 Å². The summed E-state index contributed by atoms with van der Waals surface area (Å²) in [6.45, 7) is 10.7. The fraction of sp³-hybridized carbons (Fsp3) is 1.00. The van der Waals surface area contributed by atoms with Crippen molar-refractivity contribution in [3.63, 3.8) is 0 Å². The maximum Gasteiger partial charge on any atom is 0.0594 e. The first-order valence-corrected chi connectivity index (χ1v) is 9.19. The van der Waals surface area contributed by atoms with E-state index >= 15 is 0 Å². The van der Waals surface area contributed by atoms with Gasteiger partial charge in [0, 0.05) is 31.9 Å². The van der Waals surface area contributed by atoms with Crippen LogP contribution in [0.25, 0.3) is 0 Å². The van der Waals surface area contributed by atoms with E-state index in [0.717, 1.165) is 39.4 Å². The summed E-state index contributed by atoms with van der Waals surface area (Å²) in [7, 11) is 0. The maximum absolute atomic E-state index is 5.50. The molecule has 0 radical (unpaired) electrons. The third kappa shape index (κ3) is 9.19. The number of nitrogens with two attached hydrogens (primary N) is 1. The highest BCUT2D eigenvalue weighted by Gasteiger charge is 2.10. The quantitative estimate of drug-likeness (QED) is 0.442. The van der Waals surface area contributed by atoms with Crippen molar-refractivity contribution in [1.29, 1.82) is 0 Å². The summed E-state index contributed by atoms with van der Waals surface area (Å²) < 4.78 is 7.89. The zero-order valence-corrected chi connectivity index (χ0v) is 14.0. The molecule has 1 rings (SSSR count). The van der Waals surface area contributed by atoms with Crippen LogP contribution >= 0.6 is 11.9 Å². The molecule has 1 heterocycles. The normalized spacial score (nSPS) is 16.9. The van der Waals surface area contributed by atoms with Crippen LogP contribution in [-0.2, 0) is 4.74 Å². The topological polar surface area (TPSA) is 41.7 Å². The summed E-state index contributed by atoms with van der Waals surface area (Å²) in [4.78, 5) is 2.52. The van der Waals surface area contributed by atoms with Crippen LogP contribution in [0.15, 0.2) is 0 Å². The number of ether oxygens (including phenoxy) is 1. The van der Waals surface area contributed by atoms with Crippen molar-refractivity contribution in [3.05, 3.63) is 0 Å². The molecule has 0 aromatic rings. The first-order chi connectivity index (χ1) is 9.86. The Balaban J connectivity index is 1.95. The third-order valence-corrected chi connectivity index (χ3v) is 4.99. The molecule has 0 aliphatic carbocycles. The minimum Gasteiger partial charge on any atom is -0.379 e. The SMILES string of the molecule is CCN(CCCN1CCOCC1)SCCCCCCN. The number of hydrogen-bond donors (Lipinski definition) is 1. The molecule has 1 aliphatic heterocycles. The lowest BCUT2D eigenvalue weighted by Crippen LogP contribution is -2.37. The molecule has 2 N–H and O–H groups in total. The Bertz CT molecular complexity index is 213. The van der Waals surface area contributed by atoms with E-state index in [0.29, 0.717) is 0 Å². The van der Waals surface area contributed by atoms with Crippen LogP contribution in [0.4, 0.5) is 0 Å². The van der Waals surface area contributed by atoms with Crippen LogP contribution in [-0.4, -0.2) is 67.4 Å². The minimum atomic E-state index is 0.843. The smallest absolute Gasteiger partial charge is 0.0594 e. The predicted molar refractivity (Wildman–Crippen MR) is 89.1 cm³/mol. The van der Waals surface area contributed by atoms with E-state index in [4.69, 9.17) is 10.5 Å². The molecule has 0 unspecified atom stereocenters. The molecule has 0 amide bonds. The lowest BCUT2D eigenvalue weighted by molar-refractivity contribution is 0.0370. The lowest BCUT2D eigenvalue weighted by atomic mass is 10.2. The molecule has 0 saturated carbocycles. The first-order valence-electron chi connectivity index (χ1n) is 8.25. The second kappa shape index (κ2) is 12.9. The summed E-state index contributed by atoms with van der Waals surface area (Å²) in [5.74, 6) is 1.26. The average Bonchev–Trinajstić information content (AvgIpc) is 2.50. The molecule has 4 nitrogen and oxygen atoms in total. The van der Waals surface area contributed by atoms with Crippen LogP contribution in [0, 0.1) is 0 Å². The molecule has 1 fully saturated rings. The van der Waals surface area contributed by atoms with Gasteiger partial charge in [0.25, 0.3) is 0 Å². The number of nitrogens with zero attached hydrogens (tertiary/aromatic N) is 2. The van der Waals surface area contributed by atoms with Crippen molar-refractivity contribution in [2.45, 2.75) is 39.0 Å². The number of unbranched alkanes of at least 4 members (excludes halogenated alkanes) is 3.